The zero-order valence-electron chi connectivity index (χ0n) is 11.2. The van der Waals surface area contributed by atoms with Gasteiger partial charge in [0.25, 0.3) is 0 Å². The average Bonchev–Trinajstić information content (AvgIpc) is 2.39. The normalized spacial score (nSPS) is 13.3. The number of hydrogen-bond acceptors (Lipinski definition) is 2. The van der Waals surface area contributed by atoms with Gasteiger partial charge in [0.2, 0.25) is 0 Å². The Morgan fingerprint density at radius 1 is 1.11 bits per heavy atom. The third kappa shape index (κ3) is 2.29. The molecule has 2 rings (SSSR count). The molecule has 0 bridgehead atoms. The van der Waals surface area contributed by atoms with Gasteiger partial charge in [0.1, 0.15) is 0 Å². The lowest BCUT2D eigenvalue weighted by Crippen LogP contribution is -2.33. The monoisotopic (exact) mass is 240 g/mol. The second kappa shape index (κ2) is 4.91. The van der Waals surface area contributed by atoms with Crippen LogP contribution < -0.4 is 5.73 Å². The Hall–Kier alpha value is -1.67. The van der Waals surface area contributed by atoms with E-state index in [0.717, 1.165) is 5.56 Å². The summed E-state index contributed by atoms with van der Waals surface area (Å²) in [6.07, 6.45) is 3.69. The predicted molar refractivity (Wildman–Crippen MR) is 75.4 cm³/mol. The zero-order chi connectivity index (χ0) is 13.2. The SMILES string of the molecule is Cc1ccncc1C(N)C(C)(C)c1ccccc1. The largest absolute Gasteiger partial charge is 0.323 e. The van der Waals surface area contributed by atoms with Crippen molar-refractivity contribution in [1.29, 1.82) is 0 Å². The Bertz CT molecular complexity index is 518. The molecule has 1 heterocycles. The van der Waals surface area contributed by atoms with E-state index in [2.05, 4.69) is 50.0 Å². The van der Waals surface area contributed by atoms with Crippen LogP contribution in [0.25, 0.3) is 0 Å². The summed E-state index contributed by atoms with van der Waals surface area (Å²) in [6.45, 7) is 6.44. The number of pyridine rings is 1. The summed E-state index contributed by atoms with van der Waals surface area (Å²) in [5.41, 5.74) is 9.91. The topological polar surface area (TPSA) is 38.9 Å². The van der Waals surface area contributed by atoms with Crippen molar-refractivity contribution < 1.29 is 0 Å². The Kier molecular flexibility index (Phi) is 3.48. The van der Waals surface area contributed by atoms with Crippen molar-refractivity contribution in [3.63, 3.8) is 0 Å². The van der Waals surface area contributed by atoms with E-state index in [1.54, 1.807) is 6.20 Å². The van der Waals surface area contributed by atoms with Crippen LogP contribution in [0.1, 0.15) is 36.6 Å². The van der Waals surface area contributed by atoms with Crippen LogP contribution in [-0.4, -0.2) is 4.98 Å². The van der Waals surface area contributed by atoms with Gasteiger partial charge >= 0.3 is 0 Å². The van der Waals surface area contributed by atoms with E-state index >= 15 is 0 Å². The number of aromatic nitrogens is 1. The van der Waals surface area contributed by atoms with Crippen molar-refractivity contribution >= 4 is 0 Å². The van der Waals surface area contributed by atoms with Crippen molar-refractivity contribution in [3.8, 4) is 0 Å². The molecular weight excluding hydrogens is 220 g/mol. The summed E-state index contributed by atoms with van der Waals surface area (Å²) in [5, 5.41) is 0. The second-order valence-corrected chi connectivity index (χ2v) is 5.30. The Balaban J connectivity index is 2.39. The lowest BCUT2D eigenvalue weighted by atomic mass is 9.75. The highest BCUT2D eigenvalue weighted by Gasteiger charge is 2.30. The lowest BCUT2D eigenvalue weighted by molar-refractivity contribution is 0.418. The van der Waals surface area contributed by atoms with E-state index in [9.17, 15) is 0 Å². The quantitative estimate of drug-likeness (QED) is 0.893. The fourth-order valence-electron chi connectivity index (χ4n) is 2.24. The highest BCUT2D eigenvalue weighted by molar-refractivity contribution is 5.33. The van der Waals surface area contributed by atoms with Crippen LogP contribution in [0.15, 0.2) is 48.8 Å². The maximum atomic E-state index is 6.47. The van der Waals surface area contributed by atoms with Gasteiger partial charge in [0.05, 0.1) is 0 Å². The van der Waals surface area contributed by atoms with Gasteiger partial charge in [0.15, 0.2) is 0 Å². The van der Waals surface area contributed by atoms with Crippen molar-refractivity contribution in [1.82, 2.24) is 4.98 Å². The molecule has 1 aromatic carbocycles. The Labute approximate surface area is 109 Å². The van der Waals surface area contributed by atoms with E-state index in [0.29, 0.717) is 0 Å². The first-order chi connectivity index (χ1) is 8.53. The molecular formula is C16H20N2. The van der Waals surface area contributed by atoms with Crippen LogP contribution >= 0.6 is 0 Å². The number of rotatable bonds is 3. The minimum Gasteiger partial charge on any atom is -0.323 e. The van der Waals surface area contributed by atoms with Crippen molar-refractivity contribution in [2.24, 2.45) is 5.73 Å². The van der Waals surface area contributed by atoms with Gasteiger partial charge in [-0.15, -0.1) is 0 Å². The molecule has 0 aliphatic rings. The van der Waals surface area contributed by atoms with Gasteiger partial charge in [-0.3, -0.25) is 4.98 Å². The van der Waals surface area contributed by atoms with Crippen LogP contribution in [0.4, 0.5) is 0 Å². The maximum Gasteiger partial charge on any atom is 0.0405 e. The molecule has 18 heavy (non-hydrogen) atoms. The first kappa shape index (κ1) is 12.8. The maximum absolute atomic E-state index is 6.47. The van der Waals surface area contributed by atoms with Gasteiger partial charge in [0, 0.05) is 23.9 Å². The number of nitrogens with two attached hydrogens (primary N) is 1. The molecule has 2 N–H and O–H groups in total. The molecule has 1 unspecified atom stereocenters. The molecule has 0 radical (unpaired) electrons. The van der Waals surface area contributed by atoms with E-state index in [-0.39, 0.29) is 11.5 Å². The Morgan fingerprint density at radius 3 is 2.39 bits per heavy atom. The highest BCUT2D eigenvalue weighted by Crippen LogP contribution is 2.35. The molecule has 0 spiro atoms. The summed E-state index contributed by atoms with van der Waals surface area (Å²) in [4.78, 5) is 4.19. The summed E-state index contributed by atoms with van der Waals surface area (Å²) in [5.74, 6) is 0. The fraction of sp³-hybridized carbons (Fsp3) is 0.312. The summed E-state index contributed by atoms with van der Waals surface area (Å²) < 4.78 is 0. The van der Waals surface area contributed by atoms with Crippen LogP contribution in [0.3, 0.4) is 0 Å². The molecule has 0 aliphatic heterocycles. The van der Waals surface area contributed by atoms with Gasteiger partial charge in [-0.05, 0) is 29.7 Å². The second-order valence-electron chi connectivity index (χ2n) is 5.30. The molecule has 2 aromatic rings. The van der Waals surface area contributed by atoms with E-state index in [4.69, 9.17) is 5.73 Å². The Morgan fingerprint density at radius 2 is 1.78 bits per heavy atom. The minimum atomic E-state index is -0.116. The predicted octanol–water partition coefficient (Wildman–Crippen LogP) is 3.37. The third-order valence-electron chi connectivity index (χ3n) is 3.71. The first-order valence-electron chi connectivity index (χ1n) is 6.25. The summed E-state index contributed by atoms with van der Waals surface area (Å²) >= 11 is 0. The first-order valence-corrected chi connectivity index (χ1v) is 6.25. The van der Waals surface area contributed by atoms with Crippen molar-refractivity contribution in [3.05, 3.63) is 65.5 Å². The van der Waals surface area contributed by atoms with Gasteiger partial charge < -0.3 is 5.73 Å². The van der Waals surface area contributed by atoms with Crippen LogP contribution in [-0.2, 0) is 5.41 Å². The molecule has 0 aliphatic carbocycles. The van der Waals surface area contributed by atoms with Crippen molar-refractivity contribution in [2.45, 2.75) is 32.2 Å². The molecule has 0 saturated carbocycles. The van der Waals surface area contributed by atoms with Gasteiger partial charge in [-0.25, -0.2) is 0 Å². The fourth-order valence-corrected chi connectivity index (χ4v) is 2.24. The van der Waals surface area contributed by atoms with E-state index in [1.165, 1.54) is 11.1 Å². The molecule has 1 atom stereocenters. The van der Waals surface area contributed by atoms with Crippen LogP contribution in [0, 0.1) is 6.92 Å². The smallest absolute Gasteiger partial charge is 0.0405 e. The molecule has 2 nitrogen and oxygen atoms in total. The van der Waals surface area contributed by atoms with Gasteiger partial charge in [-0.2, -0.15) is 0 Å². The van der Waals surface area contributed by atoms with E-state index in [1.807, 2.05) is 18.3 Å². The molecule has 0 amide bonds. The van der Waals surface area contributed by atoms with E-state index < -0.39 is 0 Å². The average molecular weight is 240 g/mol. The van der Waals surface area contributed by atoms with Crippen molar-refractivity contribution in [2.75, 3.05) is 0 Å². The standard InChI is InChI=1S/C16H20N2/c1-12-9-10-18-11-14(12)15(17)16(2,3)13-7-5-4-6-8-13/h4-11,15H,17H2,1-3H3. The number of aryl methyl sites for hydroxylation is 1. The number of hydrogen-bond donors (Lipinski definition) is 1. The van der Waals surface area contributed by atoms with Gasteiger partial charge in [-0.1, -0.05) is 44.2 Å². The molecule has 2 heteroatoms. The molecule has 0 fully saturated rings. The molecule has 0 saturated heterocycles. The van der Waals surface area contributed by atoms with Crippen LogP contribution in [0.2, 0.25) is 0 Å². The summed E-state index contributed by atoms with van der Waals surface area (Å²) in [7, 11) is 0. The number of nitrogens with zero attached hydrogens (tertiary/aromatic N) is 1. The zero-order valence-corrected chi connectivity index (χ0v) is 11.2. The molecule has 1 aromatic heterocycles. The minimum absolute atomic E-state index is 0.0615. The lowest BCUT2D eigenvalue weighted by Gasteiger charge is -2.33. The number of benzene rings is 1. The summed E-state index contributed by atoms with van der Waals surface area (Å²) in [6, 6.07) is 12.3. The third-order valence-corrected chi connectivity index (χ3v) is 3.71. The van der Waals surface area contributed by atoms with Crippen LogP contribution in [0.5, 0.6) is 0 Å². The molecule has 94 valence electrons. The highest BCUT2D eigenvalue weighted by atomic mass is 14.7.